The number of carbonyl (C=O) groups is 1. The van der Waals surface area contributed by atoms with E-state index in [0.717, 1.165) is 18.5 Å². The largest absolute Gasteiger partial charge is 0.351 e. The lowest BCUT2D eigenvalue weighted by molar-refractivity contribution is 0.0947. The third-order valence-electron chi connectivity index (χ3n) is 3.32. The van der Waals surface area contributed by atoms with E-state index in [9.17, 15) is 9.18 Å². The molecule has 6 nitrogen and oxygen atoms in total. The van der Waals surface area contributed by atoms with E-state index in [-0.39, 0.29) is 11.7 Å². The molecule has 0 bridgehead atoms. The predicted octanol–water partition coefficient (Wildman–Crippen LogP) is 1.91. The monoisotopic (exact) mass is 331 g/mol. The fourth-order valence-electron chi connectivity index (χ4n) is 2.04. The van der Waals surface area contributed by atoms with Crippen LogP contribution in [0.3, 0.4) is 0 Å². The summed E-state index contributed by atoms with van der Waals surface area (Å²) in [6, 6.07) is 7.74. The number of benzene rings is 1. The highest BCUT2D eigenvalue weighted by Gasteiger charge is 2.08. The van der Waals surface area contributed by atoms with Crippen molar-refractivity contribution in [1.29, 1.82) is 0 Å². The van der Waals surface area contributed by atoms with Crippen molar-refractivity contribution in [3.8, 4) is 0 Å². The molecule has 0 saturated heterocycles. The van der Waals surface area contributed by atoms with Gasteiger partial charge in [0.2, 0.25) is 5.95 Å². The van der Waals surface area contributed by atoms with Gasteiger partial charge in [-0.05, 0) is 50.8 Å². The van der Waals surface area contributed by atoms with Gasteiger partial charge >= 0.3 is 0 Å². The highest BCUT2D eigenvalue weighted by atomic mass is 19.1. The maximum Gasteiger partial charge on any atom is 0.270 e. The first-order valence-corrected chi connectivity index (χ1v) is 7.79. The molecule has 7 heteroatoms. The number of hydrogen-bond acceptors (Lipinski definition) is 5. The molecular weight excluding hydrogens is 309 g/mol. The van der Waals surface area contributed by atoms with Crippen molar-refractivity contribution in [1.82, 2.24) is 20.2 Å². The summed E-state index contributed by atoms with van der Waals surface area (Å²) in [5.74, 6) is -0.135. The summed E-state index contributed by atoms with van der Waals surface area (Å²) in [7, 11) is 3.98. The van der Waals surface area contributed by atoms with Crippen LogP contribution in [0.5, 0.6) is 0 Å². The summed E-state index contributed by atoms with van der Waals surface area (Å²) < 4.78 is 12.9. The Morgan fingerprint density at radius 2 is 1.96 bits per heavy atom. The Morgan fingerprint density at radius 1 is 1.21 bits per heavy atom. The van der Waals surface area contributed by atoms with Gasteiger partial charge in [0, 0.05) is 19.3 Å². The van der Waals surface area contributed by atoms with Crippen LogP contribution in [0, 0.1) is 5.82 Å². The number of anilines is 1. The molecule has 1 amide bonds. The van der Waals surface area contributed by atoms with Crippen LogP contribution < -0.4 is 10.6 Å². The summed E-state index contributed by atoms with van der Waals surface area (Å²) in [6.07, 6.45) is 2.41. The number of carbonyl (C=O) groups excluding carboxylic acids is 1. The van der Waals surface area contributed by atoms with E-state index in [1.807, 2.05) is 14.1 Å². The van der Waals surface area contributed by atoms with Gasteiger partial charge in [0.05, 0.1) is 0 Å². The Morgan fingerprint density at radius 3 is 2.67 bits per heavy atom. The topological polar surface area (TPSA) is 70.2 Å². The second-order valence-electron chi connectivity index (χ2n) is 5.66. The molecule has 0 spiro atoms. The van der Waals surface area contributed by atoms with Crippen molar-refractivity contribution < 1.29 is 9.18 Å². The summed E-state index contributed by atoms with van der Waals surface area (Å²) in [5.41, 5.74) is 1.22. The molecule has 1 heterocycles. The van der Waals surface area contributed by atoms with E-state index in [1.54, 1.807) is 18.2 Å². The van der Waals surface area contributed by atoms with Crippen LogP contribution in [0.2, 0.25) is 0 Å². The first-order valence-electron chi connectivity index (χ1n) is 7.79. The van der Waals surface area contributed by atoms with Gasteiger partial charge in [0.15, 0.2) is 0 Å². The van der Waals surface area contributed by atoms with E-state index in [1.165, 1.54) is 18.3 Å². The van der Waals surface area contributed by atoms with Gasteiger partial charge in [-0.25, -0.2) is 14.4 Å². The molecule has 0 radical (unpaired) electrons. The average molecular weight is 331 g/mol. The molecule has 24 heavy (non-hydrogen) atoms. The van der Waals surface area contributed by atoms with E-state index in [4.69, 9.17) is 0 Å². The lowest BCUT2D eigenvalue weighted by atomic mass is 10.2. The van der Waals surface area contributed by atoms with Crippen molar-refractivity contribution in [2.45, 2.75) is 13.0 Å². The number of nitrogens with zero attached hydrogens (tertiary/aromatic N) is 3. The van der Waals surface area contributed by atoms with Crippen molar-refractivity contribution >= 4 is 11.9 Å². The van der Waals surface area contributed by atoms with E-state index >= 15 is 0 Å². The number of aromatic nitrogens is 2. The van der Waals surface area contributed by atoms with E-state index < -0.39 is 0 Å². The number of rotatable bonds is 8. The third-order valence-corrected chi connectivity index (χ3v) is 3.32. The Balaban J connectivity index is 1.86. The fraction of sp³-hybridized carbons (Fsp3) is 0.353. The molecule has 0 saturated carbocycles. The van der Waals surface area contributed by atoms with Crippen LogP contribution in [0.4, 0.5) is 10.3 Å². The molecule has 2 N–H and O–H groups in total. The molecule has 1 aromatic carbocycles. The Hall–Kier alpha value is -2.54. The summed E-state index contributed by atoms with van der Waals surface area (Å²) in [5, 5.41) is 5.86. The molecule has 0 unspecified atom stereocenters. The second-order valence-corrected chi connectivity index (χ2v) is 5.66. The van der Waals surface area contributed by atoms with Gasteiger partial charge in [-0.2, -0.15) is 0 Å². The maximum absolute atomic E-state index is 12.9. The third kappa shape index (κ3) is 5.92. The minimum atomic E-state index is -0.275. The van der Waals surface area contributed by atoms with Crippen LogP contribution in [0.1, 0.15) is 22.5 Å². The molecule has 2 aromatic rings. The van der Waals surface area contributed by atoms with Crippen LogP contribution in [-0.4, -0.2) is 48.0 Å². The van der Waals surface area contributed by atoms with Crippen molar-refractivity contribution in [3.63, 3.8) is 0 Å². The highest BCUT2D eigenvalue weighted by molar-refractivity contribution is 5.92. The molecule has 2 rings (SSSR count). The Labute approximate surface area is 141 Å². The van der Waals surface area contributed by atoms with Crippen LogP contribution in [-0.2, 0) is 6.54 Å². The minimum Gasteiger partial charge on any atom is -0.351 e. The van der Waals surface area contributed by atoms with Crippen LogP contribution in [0.15, 0.2) is 36.5 Å². The molecule has 128 valence electrons. The zero-order chi connectivity index (χ0) is 17.4. The van der Waals surface area contributed by atoms with Gasteiger partial charge in [0.1, 0.15) is 11.5 Å². The van der Waals surface area contributed by atoms with E-state index in [0.29, 0.717) is 24.7 Å². The van der Waals surface area contributed by atoms with Crippen molar-refractivity contribution in [2.75, 3.05) is 32.5 Å². The lowest BCUT2D eigenvalue weighted by Gasteiger charge is -2.10. The molecule has 0 fully saturated rings. The fourth-order valence-corrected chi connectivity index (χ4v) is 2.04. The molecule has 0 aliphatic heterocycles. The van der Waals surface area contributed by atoms with Crippen LogP contribution >= 0.6 is 0 Å². The highest BCUT2D eigenvalue weighted by Crippen LogP contribution is 2.06. The summed E-state index contributed by atoms with van der Waals surface area (Å²) >= 11 is 0. The zero-order valence-corrected chi connectivity index (χ0v) is 13.9. The zero-order valence-electron chi connectivity index (χ0n) is 13.9. The smallest absolute Gasteiger partial charge is 0.270 e. The van der Waals surface area contributed by atoms with Gasteiger partial charge in [0.25, 0.3) is 5.91 Å². The number of hydrogen-bond donors (Lipinski definition) is 2. The lowest BCUT2D eigenvalue weighted by Crippen LogP contribution is -2.28. The first-order chi connectivity index (χ1) is 11.5. The van der Waals surface area contributed by atoms with E-state index in [2.05, 4.69) is 25.5 Å². The summed E-state index contributed by atoms with van der Waals surface area (Å²) in [4.78, 5) is 22.4. The van der Waals surface area contributed by atoms with Crippen molar-refractivity contribution in [2.24, 2.45) is 0 Å². The van der Waals surface area contributed by atoms with Gasteiger partial charge < -0.3 is 15.5 Å². The second kappa shape index (κ2) is 8.93. The number of halogens is 1. The average Bonchev–Trinajstić information content (AvgIpc) is 2.58. The normalized spacial score (nSPS) is 10.7. The first kappa shape index (κ1) is 17.8. The van der Waals surface area contributed by atoms with Crippen LogP contribution in [0.25, 0.3) is 0 Å². The van der Waals surface area contributed by atoms with Gasteiger partial charge in [-0.3, -0.25) is 4.79 Å². The molecule has 0 aliphatic carbocycles. The number of nitrogens with one attached hydrogen (secondary N) is 2. The molecule has 1 aromatic heterocycles. The molecule has 0 aliphatic rings. The quantitative estimate of drug-likeness (QED) is 0.723. The Bertz CT molecular complexity index is 660. The molecular formula is C17H22FN5O. The minimum absolute atomic E-state index is 0.221. The standard InChI is InChI=1S/C17H22FN5O/c1-23(2)11-3-9-19-16(24)15-8-10-20-17(22-15)21-12-13-4-6-14(18)7-5-13/h4-8,10H,3,9,11-12H2,1-2H3,(H,19,24)(H,20,21,22). The summed E-state index contributed by atoms with van der Waals surface area (Å²) in [6.45, 7) is 1.96. The van der Waals surface area contributed by atoms with Gasteiger partial charge in [-0.1, -0.05) is 12.1 Å². The Kier molecular flexibility index (Phi) is 6.62. The van der Waals surface area contributed by atoms with Gasteiger partial charge in [-0.15, -0.1) is 0 Å². The predicted molar refractivity (Wildman–Crippen MR) is 91.3 cm³/mol. The maximum atomic E-state index is 12.9. The molecule has 0 atom stereocenters. The number of amides is 1. The SMILES string of the molecule is CN(C)CCCNC(=O)c1ccnc(NCc2ccc(F)cc2)n1. The van der Waals surface area contributed by atoms with Crippen molar-refractivity contribution in [3.05, 3.63) is 53.6 Å².